The lowest BCUT2D eigenvalue weighted by Crippen LogP contribution is -2.01. The number of ether oxygens (including phenoxy) is 1. The lowest BCUT2D eigenvalue weighted by molar-refractivity contribution is 0.0600. The zero-order valence-electron chi connectivity index (χ0n) is 11.3. The summed E-state index contributed by atoms with van der Waals surface area (Å²) < 4.78 is 4.74. The summed E-state index contributed by atoms with van der Waals surface area (Å²) in [5.41, 5.74) is 1.63. The van der Waals surface area contributed by atoms with Gasteiger partial charge in [-0.25, -0.2) is 14.8 Å². The Kier molecular flexibility index (Phi) is 4.17. The Bertz CT molecular complexity index is 786. The summed E-state index contributed by atoms with van der Waals surface area (Å²) in [6, 6.07) is 9.49. The number of nitrogens with zero attached hydrogens (tertiary/aromatic N) is 2. The van der Waals surface area contributed by atoms with E-state index < -0.39 is 0 Å². The van der Waals surface area contributed by atoms with Crippen LogP contribution in [0.2, 0.25) is 0 Å². The summed E-state index contributed by atoms with van der Waals surface area (Å²) in [6.07, 6.45) is 1.59. The van der Waals surface area contributed by atoms with Crippen molar-refractivity contribution in [2.45, 2.75) is 10.8 Å². The number of methoxy groups -OCH3 is 1. The molecule has 4 nitrogen and oxygen atoms in total. The van der Waals surface area contributed by atoms with E-state index in [1.165, 1.54) is 7.11 Å². The Morgan fingerprint density at radius 3 is 3.10 bits per heavy atom. The van der Waals surface area contributed by atoms with Crippen molar-refractivity contribution in [1.29, 1.82) is 0 Å². The molecule has 106 valence electrons. The fourth-order valence-corrected chi connectivity index (χ4v) is 3.66. The van der Waals surface area contributed by atoms with Crippen molar-refractivity contribution < 1.29 is 9.53 Å². The molecule has 0 aliphatic heterocycles. The van der Waals surface area contributed by atoms with Crippen LogP contribution >= 0.6 is 23.1 Å². The first-order valence-corrected chi connectivity index (χ1v) is 8.12. The minimum absolute atomic E-state index is 0.316. The van der Waals surface area contributed by atoms with E-state index in [2.05, 4.69) is 9.97 Å². The number of hydrogen-bond donors (Lipinski definition) is 0. The van der Waals surface area contributed by atoms with E-state index in [1.54, 1.807) is 35.5 Å². The molecule has 0 atom stereocenters. The van der Waals surface area contributed by atoms with E-state index in [9.17, 15) is 4.79 Å². The molecule has 21 heavy (non-hydrogen) atoms. The summed E-state index contributed by atoms with van der Waals surface area (Å²) in [5.74, 6) is 0.427. The normalized spacial score (nSPS) is 10.7. The molecule has 0 saturated heterocycles. The predicted molar refractivity (Wildman–Crippen MR) is 84.8 cm³/mol. The third kappa shape index (κ3) is 3.06. The lowest BCUT2D eigenvalue weighted by atomic mass is 10.1. The van der Waals surface area contributed by atoms with Crippen molar-refractivity contribution in [3.8, 4) is 0 Å². The molecule has 0 saturated carbocycles. The third-order valence-corrected chi connectivity index (χ3v) is 4.85. The van der Waals surface area contributed by atoms with Crippen molar-refractivity contribution in [2.75, 3.05) is 7.11 Å². The molecular formula is C15H12N2O2S2. The van der Waals surface area contributed by atoms with Crippen LogP contribution in [-0.2, 0) is 10.5 Å². The third-order valence-electron chi connectivity index (χ3n) is 2.95. The molecule has 0 spiro atoms. The zero-order valence-corrected chi connectivity index (χ0v) is 12.9. The van der Waals surface area contributed by atoms with Crippen LogP contribution in [0.1, 0.15) is 15.9 Å². The van der Waals surface area contributed by atoms with Crippen molar-refractivity contribution in [3.63, 3.8) is 0 Å². The molecule has 1 aromatic carbocycles. The van der Waals surface area contributed by atoms with E-state index in [0.717, 1.165) is 26.6 Å². The molecule has 0 unspecified atom stereocenters. The summed E-state index contributed by atoms with van der Waals surface area (Å²) in [6.45, 7) is 0. The molecular weight excluding hydrogens is 304 g/mol. The Balaban J connectivity index is 1.79. The number of esters is 1. The van der Waals surface area contributed by atoms with E-state index in [4.69, 9.17) is 4.74 Å². The monoisotopic (exact) mass is 316 g/mol. The molecule has 0 amide bonds. The van der Waals surface area contributed by atoms with Gasteiger partial charge in [-0.05, 0) is 29.1 Å². The second kappa shape index (κ2) is 6.24. The van der Waals surface area contributed by atoms with Gasteiger partial charge in [-0.2, -0.15) is 0 Å². The van der Waals surface area contributed by atoms with Crippen LogP contribution in [0.5, 0.6) is 0 Å². The fraction of sp³-hybridized carbons (Fsp3) is 0.133. The molecule has 0 N–H and O–H groups in total. The number of carbonyl (C=O) groups is 1. The van der Waals surface area contributed by atoms with Crippen LogP contribution in [0.25, 0.3) is 10.2 Å². The molecule has 6 heteroatoms. The summed E-state index contributed by atoms with van der Waals surface area (Å²) >= 11 is 3.25. The van der Waals surface area contributed by atoms with E-state index in [0.29, 0.717) is 5.56 Å². The second-order valence-electron chi connectivity index (χ2n) is 4.30. The summed E-state index contributed by atoms with van der Waals surface area (Å²) in [4.78, 5) is 21.1. The van der Waals surface area contributed by atoms with Gasteiger partial charge in [-0.3, -0.25) is 0 Å². The number of carbonyl (C=O) groups excluding carboxylic acids is 1. The first-order valence-electron chi connectivity index (χ1n) is 6.26. The molecule has 0 radical (unpaired) electrons. The summed E-state index contributed by atoms with van der Waals surface area (Å²) in [5, 5.41) is 4.06. The molecule has 0 fully saturated rings. The largest absolute Gasteiger partial charge is 0.465 e. The smallest absolute Gasteiger partial charge is 0.337 e. The number of aromatic nitrogens is 2. The SMILES string of the molecule is COC(=O)c1cccc(CSc2ncnc3sccc23)c1. The van der Waals surface area contributed by atoms with Gasteiger partial charge in [-0.15, -0.1) is 23.1 Å². The molecule has 2 aromatic heterocycles. The molecule has 0 aliphatic carbocycles. The average Bonchev–Trinajstić information content (AvgIpc) is 3.01. The number of thioether (sulfide) groups is 1. The van der Waals surface area contributed by atoms with Gasteiger partial charge in [0.05, 0.1) is 12.7 Å². The highest BCUT2D eigenvalue weighted by Gasteiger charge is 2.08. The van der Waals surface area contributed by atoms with Gasteiger partial charge in [-0.1, -0.05) is 12.1 Å². The highest BCUT2D eigenvalue weighted by Crippen LogP contribution is 2.29. The number of rotatable bonds is 4. The van der Waals surface area contributed by atoms with Gasteiger partial charge in [0.25, 0.3) is 0 Å². The molecule has 2 heterocycles. The molecule has 3 aromatic rings. The van der Waals surface area contributed by atoms with Crippen LogP contribution in [0.4, 0.5) is 0 Å². The Morgan fingerprint density at radius 1 is 1.33 bits per heavy atom. The fourth-order valence-electron chi connectivity index (χ4n) is 1.94. The predicted octanol–water partition coefficient (Wildman–Crippen LogP) is 3.77. The van der Waals surface area contributed by atoms with Gasteiger partial charge in [0.1, 0.15) is 16.2 Å². The van der Waals surface area contributed by atoms with Gasteiger partial charge in [0.2, 0.25) is 0 Å². The summed E-state index contributed by atoms with van der Waals surface area (Å²) in [7, 11) is 1.39. The quantitative estimate of drug-likeness (QED) is 0.416. The van der Waals surface area contributed by atoms with Crippen molar-refractivity contribution >= 4 is 39.3 Å². The maximum Gasteiger partial charge on any atom is 0.337 e. The van der Waals surface area contributed by atoms with Crippen LogP contribution in [-0.4, -0.2) is 23.0 Å². The van der Waals surface area contributed by atoms with Crippen molar-refractivity contribution in [1.82, 2.24) is 9.97 Å². The highest BCUT2D eigenvalue weighted by atomic mass is 32.2. The second-order valence-corrected chi connectivity index (χ2v) is 6.16. The number of benzene rings is 1. The van der Waals surface area contributed by atoms with Crippen molar-refractivity contribution in [3.05, 3.63) is 53.2 Å². The lowest BCUT2D eigenvalue weighted by Gasteiger charge is -2.04. The minimum atomic E-state index is -0.316. The molecule has 0 bridgehead atoms. The highest BCUT2D eigenvalue weighted by molar-refractivity contribution is 7.98. The number of fused-ring (bicyclic) bond motifs is 1. The van der Waals surface area contributed by atoms with Gasteiger partial charge in [0.15, 0.2) is 0 Å². The van der Waals surface area contributed by atoms with Crippen LogP contribution in [0.3, 0.4) is 0 Å². The maximum atomic E-state index is 11.5. The minimum Gasteiger partial charge on any atom is -0.465 e. The van der Waals surface area contributed by atoms with Gasteiger partial charge < -0.3 is 4.74 Å². The zero-order chi connectivity index (χ0) is 14.7. The number of thiophene rings is 1. The Labute approximate surface area is 130 Å². The average molecular weight is 316 g/mol. The van der Waals surface area contributed by atoms with E-state index in [1.807, 2.05) is 29.6 Å². The van der Waals surface area contributed by atoms with Crippen LogP contribution < -0.4 is 0 Å². The molecule has 0 aliphatic rings. The van der Waals surface area contributed by atoms with Gasteiger partial charge >= 0.3 is 5.97 Å². The maximum absolute atomic E-state index is 11.5. The first-order chi connectivity index (χ1) is 10.3. The van der Waals surface area contributed by atoms with E-state index in [-0.39, 0.29) is 5.97 Å². The van der Waals surface area contributed by atoms with Crippen LogP contribution in [0.15, 0.2) is 47.1 Å². The molecule has 3 rings (SSSR count). The number of hydrogen-bond acceptors (Lipinski definition) is 6. The Hall–Kier alpha value is -1.92. The van der Waals surface area contributed by atoms with Crippen LogP contribution in [0, 0.1) is 0 Å². The van der Waals surface area contributed by atoms with E-state index >= 15 is 0 Å². The first kappa shape index (κ1) is 14.0. The Morgan fingerprint density at radius 2 is 2.24 bits per heavy atom. The topological polar surface area (TPSA) is 52.1 Å². The van der Waals surface area contributed by atoms with Crippen molar-refractivity contribution in [2.24, 2.45) is 0 Å². The van der Waals surface area contributed by atoms with Gasteiger partial charge in [0, 0.05) is 11.1 Å². The standard InChI is InChI=1S/C15H12N2O2S2/c1-19-15(18)11-4-2-3-10(7-11)8-21-14-12-5-6-20-13(12)16-9-17-14/h2-7,9H,8H2,1H3.